The van der Waals surface area contributed by atoms with E-state index in [9.17, 15) is 14.0 Å². The van der Waals surface area contributed by atoms with Crippen molar-refractivity contribution in [1.29, 1.82) is 0 Å². The van der Waals surface area contributed by atoms with Gasteiger partial charge in [0.05, 0.1) is 22.1 Å². The molecule has 0 bridgehead atoms. The Morgan fingerprint density at radius 2 is 1.90 bits per heavy atom. The number of imidazole rings is 1. The molecule has 3 heterocycles. The van der Waals surface area contributed by atoms with Crippen LogP contribution < -0.4 is 5.69 Å². The predicted molar refractivity (Wildman–Crippen MR) is 113 cm³/mol. The van der Waals surface area contributed by atoms with Crippen LogP contribution in [0.2, 0.25) is 0 Å². The highest BCUT2D eigenvalue weighted by Gasteiger charge is 2.27. The van der Waals surface area contributed by atoms with Crippen LogP contribution in [0, 0.1) is 12.7 Å². The van der Waals surface area contributed by atoms with E-state index in [1.807, 2.05) is 33.7 Å². The van der Waals surface area contributed by atoms with Gasteiger partial charge in [-0.15, -0.1) is 0 Å². The lowest BCUT2D eigenvalue weighted by molar-refractivity contribution is 0.0697. The summed E-state index contributed by atoms with van der Waals surface area (Å²) in [7, 11) is 0. The van der Waals surface area contributed by atoms with Gasteiger partial charge in [0.2, 0.25) is 0 Å². The third kappa shape index (κ3) is 3.07. The summed E-state index contributed by atoms with van der Waals surface area (Å²) in [4.78, 5) is 34.8. The first-order chi connectivity index (χ1) is 14.5. The number of hydrogen-bond donors (Lipinski definition) is 1. The Bertz CT molecular complexity index is 1330. The Morgan fingerprint density at radius 1 is 1.13 bits per heavy atom. The van der Waals surface area contributed by atoms with Crippen LogP contribution in [0.15, 0.2) is 53.3 Å². The number of hydrogen-bond acceptors (Lipinski definition) is 3. The van der Waals surface area contributed by atoms with Gasteiger partial charge in [0.1, 0.15) is 5.82 Å². The summed E-state index contributed by atoms with van der Waals surface area (Å²) >= 11 is 0. The number of carbonyl (C=O) groups is 1. The lowest BCUT2D eigenvalue weighted by Crippen LogP contribution is -2.40. The molecule has 152 valence electrons. The quantitative estimate of drug-likeness (QED) is 0.552. The maximum absolute atomic E-state index is 13.6. The molecule has 0 unspecified atom stereocenters. The van der Waals surface area contributed by atoms with Gasteiger partial charge >= 0.3 is 5.69 Å². The fraction of sp³-hybridized carbons (Fsp3) is 0.261. The molecule has 5 rings (SSSR count). The van der Waals surface area contributed by atoms with Crippen molar-refractivity contribution in [3.05, 3.63) is 76.1 Å². The summed E-state index contributed by atoms with van der Waals surface area (Å²) in [5, 5.41) is 0.655. The minimum atomic E-state index is -0.371. The number of aromatic amines is 1. The van der Waals surface area contributed by atoms with E-state index in [0.29, 0.717) is 48.1 Å². The second-order valence-corrected chi connectivity index (χ2v) is 7.81. The summed E-state index contributed by atoms with van der Waals surface area (Å²) in [6.07, 6.45) is 1.40. The Morgan fingerprint density at radius 3 is 2.70 bits per heavy atom. The molecular formula is C23H21FN4O2. The predicted octanol–water partition coefficient (Wildman–Crippen LogP) is 3.80. The largest absolute Gasteiger partial charge is 0.338 e. The number of fused-ring (bicyclic) bond motifs is 2. The molecule has 2 aromatic heterocycles. The topological polar surface area (TPSA) is 71.0 Å². The molecule has 1 N–H and O–H groups in total. The van der Waals surface area contributed by atoms with Crippen LogP contribution in [0.5, 0.6) is 0 Å². The molecule has 0 spiro atoms. The number of para-hydroxylation sites is 2. The molecular weight excluding hydrogens is 383 g/mol. The Hall–Kier alpha value is -3.48. The van der Waals surface area contributed by atoms with Gasteiger partial charge in [-0.05, 0) is 50.1 Å². The van der Waals surface area contributed by atoms with Gasteiger partial charge < -0.3 is 9.88 Å². The fourth-order valence-corrected chi connectivity index (χ4v) is 4.45. The first-order valence-corrected chi connectivity index (χ1v) is 10.1. The number of likely N-dealkylation sites (tertiary alicyclic amines) is 1. The molecule has 1 amide bonds. The lowest BCUT2D eigenvalue weighted by atomic mass is 10.0. The van der Waals surface area contributed by atoms with Crippen molar-refractivity contribution in [1.82, 2.24) is 19.4 Å². The molecule has 4 aromatic rings. The summed E-state index contributed by atoms with van der Waals surface area (Å²) in [6, 6.07) is 13.8. The summed E-state index contributed by atoms with van der Waals surface area (Å²) in [5.41, 5.74) is 3.31. The highest BCUT2D eigenvalue weighted by Crippen LogP contribution is 2.27. The molecule has 7 heteroatoms. The van der Waals surface area contributed by atoms with Crippen LogP contribution in [-0.4, -0.2) is 38.4 Å². The minimum absolute atomic E-state index is 0.0442. The molecule has 1 saturated heterocycles. The minimum Gasteiger partial charge on any atom is -0.338 e. The highest BCUT2D eigenvalue weighted by molar-refractivity contribution is 6.06. The smallest absolute Gasteiger partial charge is 0.326 e. The van der Waals surface area contributed by atoms with Crippen LogP contribution in [0.25, 0.3) is 21.9 Å². The molecule has 1 aliphatic heterocycles. The molecule has 0 radical (unpaired) electrons. The van der Waals surface area contributed by atoms with Crippen LogP contribution in [0.3, 0.4) is 0 Å². The monoisotopic (exact) mass is 404 g/mol. The van der Waals surface area contributed by atoms with Gasteiger partial charge in [0.15, 0.2) is 0 Å². The maximum atomic E-state index is 13.6. The number of rotatable bonds is 2. The molecule has 30 heavy (non-hydrogen) atoms. The molecule has 0 aliphatic carbocycles. The van der Waals surface area contributed by atoms with Crippen molar-refractivity contribution in [2.75, 3.05) is 13.1 Å². The van der Waals surface area contributed by atoms with Gasteiger partial charge in [-0.2, -0.15) is 0 Å². The number of piperidine rings is 1. The molecule has 0 atom stereocenters. The molecule has 1 aliphatic rings. The zero-order valence-corrected chi connectivity index (χ0v) is 16.6. The van der Waals surface area contributed by atoms with E-state index in [4.69, 9.17) is 0 Å². The number of nitrogens with zero attached hydrogens (tertiary/aromatic N) is 3. The van der Waals surface area contributed by atoms with Crippen molar-refractivity contribution in [2.24, 2.45) is 0 Å². The highest BCUT2D eigenvalue weighted by atomic mass is 19.1. The summed E-state index contributed by atoms with van der Waals surface area (Å²) in [6.45, 7) is 2.91. The number of pyridine rings is 1. The SMILES string of the molecule is Cc1cc(C(=O)N2CCC(n3c(=O)[nH]c4ccccc43)CC2)c2ccc(F)cc2n1. The van der Waals surface area contributed by atoms with Crippen molar-refractivity contribution in [2.45, 2.75) is 25.8 Å². The molecule has 1 fully saturated rings. The Balaban J connectivity index is 1.41. The molecule has 0 saturated carbocycles. The fourth-order valence-electron chi connectivity index (χ4n) is 4.45. The van der Waals surface area contributed by atoms with Gasteiger partial charge in [0, 0.05) is 36.3 Å². The number of carbonyl (C=O) groups excluding carboxylic acids is 1. The zero-order valence-electron chi connectivity index (χ0n) is 16.6. The number of H-pyrrole nitrogens is 1. The second kappa shape index (κ2) is 7.09. The third-order valence-electron chi connectivity index (χ3n) is 5.87. The van der Waals surface area contributed by atoms with Crippen LogP contribution >= 0.6 is 0 Å². The number of halogens is 1. The van der Waals surface area contributed by atoms with Gasteiger partial charge in [-0.3, -0.25) is 14.3 Å². The van der Waals surface area contributed by atoms with E-state index in [2.05, 4.69) is 9.97 Å². The Kier molecular flexibility index (Phi) is 4.38. The number of benzene rings is 2. The first-order valence-electron chi connectivity index (χ1n) is 10.1. The summed E-state index contributed by atoms with van der Waals surface area (Å²) in [5.74, 6) is -0.453. The maximum Gasteiger partial charge on any atom is 0.326 e. The first kappa shape index (κ1) is 18.5. The van der Waals surface area contributed by atoms with Gasteiger partial charge in [-0.1, -0.05) is 12.1 Å². The number of aryl methyl sites for hydroxylation is 1. The number of aromatic nitrogens is 3. The van der Waals surface area contributed by atoms with E-state index < -0.39 is 0 Å². The number of nitrogens with one attached hydrogen (secondary N) is 1. The summed E-state index contributed by atoms with van der Waals surface area (Å²) < 4.78 is 15.4. The van der Waals surface area contributed by atoms with E-state index in [-0.39, 0.29) is 23.5 Å². The van der Waals surface area contributed by atoms with Crippen molar-refractivity contribution in [3.8, 4) is 0 Å². The van der Waals surface area contributed by atoms with E-state index in [1.54, 1.807) is 19.1 Å². The van der Waals surface area contributed by atoms with E-state index in [1.165, 1.54) is 12.1 Å². The average molecular weight is 404 g/mol. The van der Waals surface area contributed by atoms with Crippen LogP contribution in [0.1, 0.15) is 34.9 Å². The van der Waals surface area contributed by atoms with Crippen LogP contribution in [0.4, 0.5) is 4.39 Å². The van der Waals surface area contributed by atoms with Crippen molar-refractivity contribution in [3.63, 3.8) is 0 Å². The van der Waals surface area contributed by atoms with Crippen molar-refractivity contribution >= 4 is 27.8 Å². The zero-order chi connectivity index (χ0) is 20.8. The third-order valence-corrected chi connectivity index (χ3v) is 5.87. The van der Waals surface area contributed by atoms with Crippen molar-refractivity contribution < 1.29 is 9.18 Å². The van der Waals surface area contributed by atoms with Crippen LogP contribution in [-0.2, 0) is 0 Å². The standard InChI is InChI=1S/C23H21FN4O2/c1-14-12-18(17-7-6-15(24)13-20(17)25-14)22(29)27-10-8-16(9-11-27)28-21-5-3-2-4-19(21)26-23(28)30/h2-7,12-13,16H,8-11H2,1H3,(H,26,30). The molecule has 2 aromatic carbocycles. The lowest BCUT2D eigenvalue weighted by Gasteiger charge is -2.33. The van der Waals surface area contributed by atoms with Gasteiger partial charge in [-0.25, -0.2) is 9.18 Å². The Labute approximate surface area is 172 Å². The number of amides is 1. The normalized spacial score (nSPS) is 15.2. The van der Waals surface area contributed by atoms with E-state index >= 15 is 0 Å². The average Bonchev–Trinajstić information content (AvgIpc) is 3.08. The van der Waals surface area contributed by atoms with E-state index in [0.717, 1.165) is 11.0 Å². The second-order valence-electron chi connectivity index (χ2n) is 7.81. The molecule has 6 nitrogen and oxygen atoms in total. The van der Waals surface area contributed by atoms with Gasteiger partial charge in [0.25, 0.3) is 5.91 Å².